The number of nitrogens with zero attached hydrogens (tertiary/aromatic N) is 1. The third-order valence-corrected chi connectivity index (χ3v) is 3.02. The quantitative estimate of drug-likeness (QED) is 0.519. The van der Waals surface area contributed by atoms with Gasteiger partial charge in [-0.1, -0.05) is 41.4 Å². The molecular weight excluding hydrogens is 302 g/mol. The zero-order chi connectivity index (χ0) is 15.9. The summed E-state index contributed by atoms with van der Waals surface area (Å²) in [6.07, 6.45) is 1.42. The number of nitrogens with one attached hydrogen (secondary N) is 2. The average molecular weight is 316 g/mol. The van der Waals surface area contributed by atoms with Crippen molar-refractivity contribution in [1.82, 2.24) is 5.43 Å². The molecule has 0 spiro atoms. The van der Waals surface area contributed by atoms with Crippen molar-refractivity contribution in [1.29, 1.82) is 0 Å². The zero-order valence-electron chi connectivity index (χ0n) is 11.8. The van der Waals surface area contributed by atoms with Gasteiger partial charge in [-0.2, -0.15) is 5.10 Å². The van der Waals surface area contributed by atoms with Crippen molar-refractivity contribution < 1.29 is 9.59 Å². The van der Waals surface area contributed by atoms with E-state index < -0.39 is 11.8 Å². The van der Waals surface area contributed by atoms with Crippen molar-refractivity contribution in [2.24, 2.45) is 5.10 Å². The maximum atomic E-state index is 11.7. The maximum absolute atomic E-state index is 11.7. The molecule has 2 aromatic carbocycles. The fourth-order valence-electron chi connectivity index (χ4n) is 1.59. The van der Waals surface area contributed by atoms with Crippen LogP contribution in [-0.2, 0) is 9.59 Å². The molecule has 0 saturated heterocycles. The lowest BCUT2D eigenvalue weighted by Gasteiger charge is -2.04. The van der Waals surface area contributed by atoms with Gasteiger partial charge in [0.15, 0.2) is 0 Å². The van der Waals surface area contributed by atoms with Gasteiger partial charge in [0.05, 0.1) is 6.21 Å². The van der Waals surface area contributed by atoms with Crippen LogP contribution in [0.5, 0.6) is 0 Å². The molecule has 0 bridgehead atoms. The van der Waals surface area contributed by atoms with Gasteiger partial charge in [-0.05, 0) is 36.8 Å². The second-order valence-electron chi connectivity index (χ2n) is 4.57. The number of amides is 2. The van der Waals surface area contributed by atoms with E-state index in [1.807, 2.05) is 19.1 Å². The van der Waals surface area contributed by atoms with E-state index >= 15 is 0 Å². The van der Waals surface area contributed by atoms with Crippen LogP contribution in [-0.4, -0.2) is 18.0 Å². The van der Waals surface area contributed by atoms with Gasteiger partial charge in [0.2, 0.25) is 0 Å². The SMILES string of the molecule is Cc1ccc(NC(=O)C(=O)N/N=C/c2ccc(Cl)cc2)cc1. The molecule has 0 aliphatic carbocycles. The van der Waals surface area contributed by atoms with Crippen LogP contribution in [0.2, 0.25) is 5.02 Å². The van der Waals surface area contributed by atoms with Crippen LogP contribution in [0.4, 0.5) is 5.69 Å². The number of rotatable bonds is 3. The van der Waals surface area contributed by atoms with Crippen molar-refractivity contribution >= 4 is 35.3 Å². The monoisotopic (exact) mass is 315 g/mol. The van der Waals surface area contributed by atoms with Crippen LogP contribution < -0.4 is 10.7 Å². The Morgan fingerprint density at radius 3 is 2.27 bits per heavy atom. The third kappa shape index (κ3) is 4.71. The molecule has 6 heteroatoms. The molecule has 2 rings (SSSR count). The van der Waals surface area contributed by atoms with Crippen LogP contribution in [0, 0.1) is 6.92 Å². The summed E-state index contributed by atoms with van der Waals surface area (Å²) in [5.74, 6) is -1.62. The van der Waals surface area contributed by atoms with Crippen LogP contribution in [0.15, 0.2) is 53.6 Å². The van der Waals surface area contributed by atoms with Crippen LogP contribution >= 0.6 is 11.6 Å². The molecule has 2 amide bonds. The molecular formula is C16H14ClN3O2. The number of carbonyl (C=O) groups is 2. The molecule has 0 aromatic heterocycles. The van der Waals surface area contributed by atoms with Gasteiger partial charge in [0.1, 0.15) is 0 Å². The first-order chi connectivity index (χ1) is 10.5. The summed E-state index contributed by atoms with van der Waals surface area (Å²) in [6, 6.07) is 14.0. The highest BCUT2D eigenvalue weighted by Crippen LogP contribution is 2.08. The smallest absolute Gasteiger partial charge is 0.318 e. The molecule has 0 aliphatic heterocycles. The lowest BCUT2D eigenvalue weighted by molar-refractivity contribution is -0.136. The topological polar surface area (TPSA) is 70.6 Å². The standard InChI is InChI=1S/C16H14ClN3O2/c1-11-2-8-14(9-3-11)19-15(21)16(22)20-18-10-12-4-6-13(17)7-5-12/h2-10H,1H3,(H,19,21)(H,20,22)/b18-10+. The molecule has 2 N–H and O–H groups in total. The highest BCUT2D eigenvalue weighted by atomic mass is 35.5. The van der Waals surface area contributed by atoms with E-state index in [2.05, 4.69) is 15.8 Å². The summed E-state index contributed by atoms with van der Waals surface area (Å²) in [7, 11) is 0. The number of hydrogen-bond donors (Lipinski definition) is 2. The highest BCUT2D eigenvalue weighted by molar-refractivity contribution is 6.39. The van der Waals surface area contributed by atoms with Gasteiger partial charge >= 0.3 is 11.8 Å². The normalized spacial score (nSPS) is 10.5. The van der Waals surface area contributed by atoms with E-state index in [0.29, 0.717) is 10.7 Å². The van der Waals surface area contributed by atoms with E-state index in [0.717, 1.165) is 11.1 Å². The van der Waals surface area contributed by atoms with E-state index in [-0.39, 0.29) is 0 Å². The first kappa shape index (κ1) is 15.7. The van der Waals surface area contributed by atoms with E-state index in [1.54, 1.807) is 36.4 Å². The van der Waals surface area contributed by atoms with Crippen molar-refractivity contribution in [2.45, 2.75) is 6.92 Å². The molecule has 0 aliphatic rings. The average Bonchev–Trinajstić information content (AvgIpc) is 2.51. The number of halogens is 1. The summed E-state index contributed by atoms with van der Waals surface area (Å²) in [6.45, 7) is 1.93. The van der Waals surface area contributed by atoms with Gasteiger partial charge in [-0.25, -0.2) is 5.43 Å². The molecule has 5 nitrogen and oxygen atoms in total. The minimum absolute atomic E-state index is 0.549. The lowest BCUT2D eigenvalue weighted by Crippen LogP contribution is -2.32. The third-order valence-electron chi connectivity index (χ3n) is 2.77. The van der Waals surface area contributed by atoms with Gasteiger partial charge in [0.25, 0.3) is 0 Å². The minimum Gasteiger partial charge on any atom is -0.318 e. The Balaban J connectivity index is 1.87. The van der Waals surface area contributed by atoms with Crippen LogP contribution in [0.1, 0.15) is 11.1 Å². The Morgan fingerprint density at radius 1 is 1.00 bits per heavy atom. The molecule has 112 valence electrons. The summed E-state index contributed by atoms with van der Waals surface area (Å²) in [5, 5.41) is 6.81. The predicted molar refractivity (Wildman–Crippen MR) is 87.0 cm³/mol. The first-order valence-corrected chi connectivity index (χ1v) is 6.89. The second-order valence-corrected chi connectivity index (χ2v) is 5.01. The zero-order valence-corrected chi connectivity index (χ0v) is 12.6. The Bertz CT molecular complexity index is 694. The maximum Gasteiger partial charge on any atom is 0.329 e. The van der Waals surface area contributed by atoms with E-state index in [1.165, 1.54) is 6.21 Å². The van der Waals surface area contributed by atoms with E-state index in [9.17, 15) is 9.59 Å². The molecule has 22 heavy (non-hydrogen) atoms. The Labute approximate surface area is 133 Å². The van der Waals surface area contributed by atoms with Gasteiger partial charge in [-0.3, -0.25) is 9.59 Å². The summed E-state index contributed by atoms with van der Waals surface area (Å²) in [5.41, 5.74) is 4.53. The van der Waals surface area contributed by atoms with Crippen molar-refractivity contribution in [3.63, 3.8) is 0 Å². The number of hydrazone groups is 1. The molecule has 0 radical (unpaired) electrons. The molecule has 0 saturated carbocycles. The predicted octanol–water partition coefficient (Wildman–Crippen LogP) is 2.74. The highest BCUT2D eigenvalue weighted by Gasteiger charge is 2.12. The molecule has 2 aromatic rings. The minimum atomic E-state index is -0.842. The number of carbonyl (C=O) groups excluding carboxylic acids is 2. The largest absolute Gasteiger partial charge is 0.329 e. The lowest BCUT2D eigenvalue weighted by atomic mass is 10.2. The Morgan fingerprint density at radius 2 is 1.64 bits per heavy atom. The molecule has 0 fully saturated rings. The summed E-state index contributed by atoms with van der Waals surface area (Å²) < 4.78 is 0. The Hall–Kier alpha value is -2.66. The molecule has 0 heterocycles. The van der Waals surface area contributed by atoms with Crippen molar-refractivity contribution in [3.8, 4) is 0 Å². The fourth-order valence-corrected chi connectivity index (χ4v) is 1.72. The van der Waals surface area contributed by atoms with Crippen molar-refractivity contribution in [2.75, 3.05) is 5.32 Å². The molecule has 0 unspecified atom stereocenters. The Kier molecular flexibility index (Phi) is 5.27. The number of benzene rings is 2. The molecule has 0 atom stereocenters. The number of hydrogen-bond acceptors (Lipinski definition) is 3. The van der Waals surface area contributed by atoms with Gasteiger partial charge in [0, 0.05) is 10.7 Å². The van der Waals surface area contributed by atoms with Gasteiger partial charge < -0.3 is 5.32 Å². The number of aryl methyl sites for hydroxylation is 1. The number of anilines is 1. The summed E-state index contributed by atoms with van der Waals surface area (Å²) in [4.78, 5) is 23.3. The second kappa shape index (κ2) is 7.38. The van der Waals surface area contributed by atoms with Gasteiger partial charge in [-0.15, -0.1) is 0 Å². The van der Waals surface area contributed by atoms with Crippen LogP contribution in [0.25, 0.3) is 0 Å². The fraction of sp³-hybridized carbons (Fsp3) is 0.0625. The van der Waals surface area contributed by atoms with Crippen LogP contribution in [0.3, 0.4) is 0 Å². The van der Waals surface area contributed by atoms with E-state index in [4.69, 9.17) is 11.6 Å². The summed E-state index contributed by atoms with van der Waals surface area (Å²) >= 11 is 5.76. The van der Waals surface area contributed by atoms with Crippen molar-refractivity contribution in [3.05, 3.63) is 64.7 Å². The first-order valence-electron chi connectivity index (χ1n) is 6.51.